The molecule has 1 aliphatic carbocycles. The SMILES string of the molecule is O=C(COC(=O)c1c2c(nc3ccccc13)CCCC2)c1cccc(C(F)(F)F)c1. The van der Waals surface area contributed by atoms with E-state index in [0.29, 0.717) is 22.9 Å². The number of rotatable bonds is 4. The lowest BCUT2D eigenvalue weighted by Crippen LogP contribution is -2.19. The number of hydrogen-bond acceptors (Lipinski definition) is 4. The fourth-order valence-corrected chi connectivity index (χ4v) is 3.76. The van der Waals surface area contributed by atoms with Crippen LogP contribution in [-0.2, 0) is 23.8 Å². The van der Waals surface area contributed by atoms with Crippen LogP contribution in [0.5, 0.6) is 0 Å². The van der Waals surface area contributed by atoms with Gasteiger partial charge in [-0.05, 0) is 49.4 Å². The molecule has 2 aromatic carbocycles. The number of pyridine rings is 1. The van der Waals surface area contributed by atoms with Crippen LogP contribution in [0.15, 0.2) is 48.5 Å². The Hall–Kier alpha value is -3.22. The van der Waals surface area contributed by atoms with E-state index in [0.717, 1.165) is 48.7 Å². The van der Waals surface area contributed by atoms with Gasteiger partial charge in [-0.1, -0.05) is 30.3 Å². The lowest BCUT2D eigenvalue weighted by atomic mass is 9.90. The maximum Gasteiger partial charge on any atom is 0.416 e. The first-order valence-electron chi connectivity index (χ1n) is 9.62. The molecule has 0 saturated heterocycles. The molecule has 0 radical (unpaired) electrons. The van der Waals surface area contributed by atoms with E-state index in [-0.39, 0.29) is 5.56 Å². The van der Waals surface area contributed by atoms with Gasteiger partial charge in [0.05, 0.1) is 16.6 Å². The lowest BCUT2D eigenvalue weighted by molar-refractivity contribution is -0.137. The van der Waals surface area contributed by atoms with E-state index in [4.69, 9.17) is 4.74 Å². The number of aromatic nitrogens is 1. The van der Waals surface area contributed by atoms with Crippen molar-refractivity contribution >= 4 is 22.7 Å². The number of ketones is 1. The largest absolute Gasteiger partial charge is 0.454 e. The highest BCUT2D eigenvalue weighted by molar-refractivity contribution is 6.06. The summed E-state index contributed by atoms with van der Waals surface area (Å²) in [7, 11) is 0. The molecule has 4 nitrogen and oxygen atoms in total. The van der Waals surface area contributed by atoms with Gasteiger partial charge >= 0.3 is 12.1 Å². The van der Waals surface area contributed by atoms with Gasteiger partial charge in [0, 0.05) is 16.6 Å². The zero-order valence-electron chi connectivity index (χ0n) is 16.0. The summed E-state index contributed by atoms with van der Waals surface area (Å²) in [4.78, 5) is 29.9. The highest BCUT2D eigenvalue weighted by Gasteiger charge is 2.31. The normalized spacial score (nSPS) is 13.7. The molecule has 30 heavy (non-hydrogen) atoms. The van der Waals surface area contributed by atoms with E-state index in [1.54, 1.807) is 12.1 Å². The quantitative estimate of drug-likeness (QED) is 0.437. The maximum absolute atomic E-state index is 12.9. The van der Waals surface area contributed by atoms with Crippen LogP contribution in [-0.4, -0.2) is 23.3 Å². The van der Waals surface area contributed by atoms with Crippen molar-refractivity contribution < 1.29 is 27.5 Å². The summed E-state index contributed by atoms with van der Waals surface area (Å²) < 4.78 is 43.9. The van der Waals surface area contributed by atoms with E-state index in [9.17, 15) is 22.8 Å². The fourth-order valence-electron chi connectivity index (χ4n) is 3.76. The highest BCUT2D eigenvalue weighted by atomic mass is 19.4. The predicted octanol–water partition coefficient (Wildman–Crippen LogP) is 5.17. The first kappa shape index (κ1) is 20.1. The molecule has 1 aliphatic rings. The van der Waals surface area contributed by atoms with Crippen molar-refractivity contribution in [2.24, 2.45) is 0 Å². The Labute approximate surface area is 170 Å². The first-order valence-corrected chi connectivity index (χ1v) is 9.62. The number of alkyl halides is 3. The fraction of sp³-hybridized carbons (Fsp3) is 0.261. The lowest BCUT2D eigenvalue weighted by Gasteiger charge is -2.19. The second-order valence-corrected chi connectivity index (χ2v) is 7.21. The third-order valence-corrected chi connectivity index (χ3v) is 5.22. The molecule has 0 saturated carbocycles. The molecule has 0 spiro atoms. The molecule has 0 unspecified atom stereocenters. The minimum atomic E-state index is -4.55. The monoisotopic (exact) mass is 413 g/mol. The van der Waals surface area contributed by atoms with Gasteiger partial charge < -0.3 is 4.74 Å². The number of hydrogen-bond donors (Lipinski definition) is 0. The molecule has 0 atom stereocenters. The Bertz CT molecular complexity index is 1140. The van der Waals surface area contributed by atoms with Crippen LogP contribution in [0.3, 0.4) is 0 Å². The van der Waals surface area contributed by atoms with Crippen molar-refractivity contribution in [3.8, 4) is 0 Å². The molecule has 7 heteroatoms. The molecule has 0 aliphatic heterocycles. The van der Waals surface area contributed by atoms with Crippen LogP contribution in [0, 0.1) is 0 Å². The van der Waals surface area contributed by atoms with E-state index in [2.05, 4.69) is 4.98 Å². The van der Waals surface area contributed by atoms with Crippen molar-refractivity contribution in [1.29, 1.82) is 0 Å². The van der Waals surface area contributed by atoms with Gasteiger partial charge in [-0.2, -0.15) is 13.2 Å². The Kier molecular flexibility index (Phi) is 5.28. The zero-order valence-corrected chi connectivity index (χ0v) is 16.0. The van der Waals surface area contributed by atoms with Gasteiger partial charge in [0.1, 0.15) is 0 Å². The van der Waals surface area contributed by atoms with E-state index in [1.807, 2.05) is 12.1 Å². The summed E-state index contributed by atoms with van der Waals surface area (Å²) >= 11 is 0. The number of esters is 1. The van der Waals surface area contributed by atoms with Crippen molar-refractivity contribution in [3.05, 3.63) is 76.5 Å². The molecular formula is C23H18F3NO3. The molecule has 0 N–H and O–H groups in total. The standard InChI is InChI=1S/C23H18F3NO3/c24-23(25,26)15-7-5-6-14(12-15)20(28)13-30-22(29)21-16-8-1-3-10-18(16)27-19-11-4-2-9-17(19)21/h1,3,5-8,10,12H,2,4,9,11,13H2. The number of para-hydroxylation sites is 1. The average molecular weight is 413 g/mol. The molecule has 0 amide bonds. The summed E-state index contributed by atoms with van der Waals surface area (Å²) in [5.74, 6) is -1.35. The number of aryl methyl sites for hydroxylation is 1. The number of fused-ring (bicyclic) bond motifs is 2. The zero-order chi connectivity index (χ0) is 21.3. The number of nitrogens with zero attached hydrogens (tertiary/aromatic N) is 1. The maximum atomic E-state index is 12.9. The molecular weight excluding hydrogens is 395 g/mol. The molecule has 1 aromatic heterocycles. The second-order valence-electron chi connectivity index (χ2n) is 7.21. The summed E-state index contributed by atoms with van der Waals surface area (Å²) in [6.07, 6.45) is -1.18. The Morgan fingerprint density at radius 2 is 1.77 bits per heavy atom. The molecule has 0 bridgehead atoms. The van der Waals surface area contributed by atoms with Gasteiger partial charge in [-0.3, -0.25) is 9.78 Å². The summed E-state index contributed by atoms with van der Waals surface area (Å²) in [6.45, 7) is -0.633. The van der Waals surface area contributed by atoms with Gasteiger partial charge in [-0.15, -0.1) is 0 Å². The number of ether oxygens (including phenoxy) is 1. The van der Waals surface area contributed by atoms with Crippen molar-refractivity contribution in [1.82, 2.24) is 4.98 Å². The molecule has 0 fully saturated rings. The first-order chi connectivity index (χ1) is 14.3. The summed E-state index contributed by atoms with van der Waals surface area (Å²) in [5.41, 5.74) is 1.68. The Balaban J connectivity index is 1.59. The third kappa shape index (κ3) is 3.92. The van der Waals surface area contributed by atoms with Crippen LogP contribution in [0.4, 0.5) is 13.2 Å². The molecule has 154 valence electrons. The minimum absolute atomic E-state index is 0.153. The van der Waals surface area contributed by atoms with Crippen LogP contribution in [0.2, 0.25) is 0 Å². The van der Waals surface area contributed by atoms with Crippen LogP contribution in [0.1, 0.15) is 50.4 Å². The van der Waals surface area contributed by atoms with E-state index in [1.165, 1.54) is 6.07 Å². The van der Waals surface area contributed by atoms with E-state index < -0.39 is 30.1 Å². The van der Waals surface area contributed by atoms with Gasteiger partial charge in [0.25, 0.3) is 0 Å². The Morgan fingerprint density at radius 1 is 1.00 bits per heavy atom. The van der Waals surface area contributed by atoms with Crippen LogP contribution in [0.25, 0.3) is 10.9 Å². The average Bonchev–Trinajstić information content (AvgIpc) is 2.75. The van der Waals surface area contributed by atoms with E-state index >= 15 is 0 Å². The smallest absolute Gasteiger partial charge is 0.416 e. The summed E-state index contributed by atoms with van der Waals surface area (Å²) in [5, 5.41) is 0.648. The van der Waals surface area contributed by atoms with Crippen molar-refractivity contribution in [2.45, 2.75) is 31.9 Å². The van der Waals surface area contributed by atoms with Crippen LogP contribution >= 0.6 is 0 Å². The Morgan fingerprint density at radius 3 is 2.57 bits per heavy atom. The summed E-state index contributed by atoms with van der Waals surface area (Å²) in [6, 6.07) is 11.3. The van der Waals surface area contributed by atoms with Gasteiger partial charge in [-0.25, -0.2) is 4.79 Å². The van der Waals surface area contributed by atoms with Gasteiger partial charge in [0.2, 0.25) is 0 Å². The molecule has 3 aromatic rings. The highest BCUT2D eigenvalue weighted by Crippen LogP contribution is 2.31. The number of carbonyl (C=O) groups excluding carboxylic acids is 2. The van der Waals surface area contributed by atoms with Crippen molar-refractivity contribution in [2.75, 3.05) is 6.61 Å². The van der Waals surface area contributed by atoms with Gasteiger partial charge in [0.15, 0.2) is 12.4 Å². The molecule has 1 heterocycles. The van der Waals surface area contributed by atoms with Crippen LogP contribution < -0.4 is 0 Å². The second kappa shape index (κ2) is 7.89. The predicted molar refractivity (Wildman–Crippen MR) is 104 cm³/mol. The molecule has 4 rings (SSSR count). The number of carbonyl (C=O) groups is 2. The van der Waals surface area contributed by atoms with Crippen molar-refractivity contribution in [3.63, 3.8) is 0 Å². The number of halogens is 3. The topological polar surface area (TPSA) is 56.3 Å². The number of benzene rings is 2. The number of Topliss-reactive ketones (excluding diaryl/α,β-unsaturated/α-hetero) is 1. The minimum Gasteiger partial charge on any atom is -0.454 e. The third-order valence-electron chi connectivity index (χ3n) is 5.22.